The number of benzene rings is 7. The molecule has 0 aromatic heterocycles. The smallest absolute Gasteiger partial charge is 0.187 e. The molecule has 73 heavy (non-hydrogen) atoms. The fourth-order valence-electron chi connectivity index (χ4n) is 9.14. The molecule has 0 saturated carbocycles. The Hall–Kier alpha value is -5.90. The van der Waals surface area contributed by atoms with Crippen LogP contribution in [0.5, 0.6) is 0 Å². The van der Waals surface area contributed by atoms with E-state index in [4.69, 9.17) is 52.1 Å². The molecule has 0 N–H and O–H groups in total. The van der Waals surface area contributed by atoms with Gasteiger partial charge in [-0.05, 0) is 38.9 Å². The number of ether oxygens (including phenoxy) is 11. The maximum atomic E-state index is 7.10. The molecule has 10 atom stereocenters. The average Bonchev–Trinajstić information content (AvgIpc) is 3.45. The van der Waals surface area contributed by atoms with Crippen molar-refractivity contribution in [1.29, 1.82) is 0 Å². The van der Waals surface area contributed by atoms with Gasteiger partial charge in [0.15, 0.2) is 12.6 Å². The molecule has 11 nitrogen and oxygen atoms in total. The van der Waals surface area contributed by atoms with Gasteiger partial charge in [0.1, 0.15) is 48.8 Å². The van der Waals surface area contributed by atoms with E-state index in [2.05, 4.69) is 0 Å². The summed E-state index contributed by atoms with van der Waals surface area (Å²) < 4.78 is 75.2. The van der Waals surface area contributed by atoms with Crippen molar-refractivity contribution in [1.82, 2.24) is 0 Å². The third-order valence-electron chi connectivity index (χ3n) is 12.9. The minimum Gasteiger partial charge on any atom is -0.374 e. The van der Waals surface area contributed by atoms with Gasteiger partial charge in [0.05, 0.1) is 59.5 Å². The molecule has 2 aliphatic rings. The molecule has 0 spiro atoms. The molecule has 2 heterocycles. The second-order valence-electron chi connectivity index (χ2n) is 18.2. The Bertz CT molecular complexity index is 2560. The highest BCUT2D eigenvalue weighted by Crippen LogP contribution is 2.35. The molecule has 0 aliphatic carbocycles. The lowest BCUT2D eigenvalue weighted by Crippen LogP contribution is -2.64. The lowest BCUT2D eigenvalue weighted by Gasteiger charge is -2.48. The van der Waals surface area contributed by atoms with Crippen LogP contribution in [0.1, 0.15) is 38.9 Å². The van der Waals surface area contributed by atoms with Crippen LogP contribution < -0.4 is 0 Å². The van der Waals surface area contributed by atoms with Gasteiger partial charge in [0, 0.05) is 7.11 Å². The highest BCUT2D eigenvalue weighted by atomic mass is 16.7. The van der Waals surface area contributed by atoms with Gasteiger partial charge < -0.3 is 52.1 Å². The van der Waals surface area contributed by atoms with E-state index in [0.717, 1.165) is 38.9 Å². The SMILES string of the molecule is CO[C@H]1O[C@H](CO[C@H]2O[C@H](COCc3ccccc3)[C@@H](OCc3ccccc3)[C@H](OCc3ccccc3)[C@@H]2OCc2ccccc2)[C@H](OCc2ccccc2)[C@H](OCc2ccccc2)[C@H]1OCc1ccccc1. The van der Waals surface area contributed by atoms with E-state index in [1.807, 2.05) is 212 Å². The summed E-state index contributed by atoms with van der Waals surface area (Å²) in [6, 6.07) is 70.4. The Labute approximate surface area is 429 Å². The van der Waals surface area contributed by atoms with Crippen LogP contribution in [0.3, 0.4) is 0 Å². The van der Waals surface area contributed by atoms with E-state index in [1.54, 1.807) is 7.11 Å². The summed E-state index contributed by atoms with van der Waals surface area (Å²) in [4.78, 5) is 0. The minimum absolute atomic E-state index is 0.00960. The maximum Gasteiger partial charge on any atom is 0.187 e. The van der Waals surface area contributed by atoms with E-state index in [0.29, 0.717) is 26.4 Å². The highest BCUT2D eigenvalue weighted by Gasteiger charge is 2.52. The van der Waals surface area contributed by atoms with Crippen LogP contribution in [-0.2, 0) is 98.4 Å². The van der Waals surface area contributed by atoms with Crippen LogP contribution in [-0.4, -0.2) is 81.7 Å². The van der Waals surface area contributed by atoms with E-state index in [9.17, 15) is 0 Å². The van der Waals surface area contributed by atoms with Gasteiger partial charge in [-0.1, -0.05) is 212 Å². The van der Waals surface area contributed by atoms with Gasteiger partial charge in [-0.25, -0.2) is 0 Å². The fourth-order valence-corrected chi connectivity index (χ4v) is 9.14. The minimum atomic E-state index is -0.999. The van der Waals surface area contributed by atoms with Crippen LogP contribution in [0.4, 0.5) is 0 Å². The monoisotopic (exact) mass is 986 g/mol. The zero-order valence-electron chi connectivity index (χ0n) is 41.3. The number of rotatable bonds is 26. The van der Waals surface area contributed by atoms with E-state index < -0.39 is 61.4 Å². The molecule has 7 aromatic carbocycles. The topological polar surface area (TPSA) is 102 Å². The van der Waals surface area contributed by atoms with Crippen LogP contribution in [0.15, 0.2) is 212 Å². The van der Waals surface area contributed by atoms with Crippen molar-refractivity contribution in [3.8, 4) is 0 Å². The van der Waals surface area contributed by atoms with E-state index in [-0.39, 0.29) is 33.0 Å². The summed E-state index contributed by atoms with van der Waals surface area (Å²) in [6.45, 7) is 2.25. The summed E-state index contributed by atoms with van der Waals surface area (Å²) in [6.07, 6.45) is -7.47. The summed E-state index contributed by atoms with van der Waals surface area (Å²) in [7, 11) is 1.61. The summed E-state index contributed by atoms with van der Waals surface area (Å²) in [5, 5.41) is 0. The van der Waals surface area contributed by atoms with Crippen LogP contribution >= 0.6 is 0 Å². The zero-order chi connectivity index (χ0) is 49.7. The predicted octanol–water partition coefficient (Wildman–Crippen LogP) is 10.8. The van der Waals surface area contributed by atoms with Gasteiger partial charge in [-0.2, -0.15) is 0 Å². The van der Waals surface area contributed by atoms with Crippen molar-refractivity contribution < 1.29 is 52.1 Å². The van der Waals surface area contributed by atoms with Crippen molar-refractivity contribution >= 4 is 0 Å². The quantitative estimate of drug-likeness (QED) is 0.0518. The second kappa shape index (κ2) is 28.0. The zero-order valence-corrected chi connectivity index (χ0v) is 41.3. The number of methoxy groups -OCH3 is 1. The van der Waals surface area contributed by atoms with Gasteiger partial charge in [0.2, 0.25) is 0 Å². The van der Waals surface area contributed by atoms with Gasteiger partial charge in [-0.15, -0.1) is 0 Å². The lowest BCUT2D eigenvalue weighted by atomic mass is 9.96. The van der Waals surface area contributed by atoms with E-state index in [1.165, 1.54) is 0 Å². The molecular formula is C62H66O11. The standard InChI is InChI=1S/C62H66O11/c1-63-61-59(69-42-51-33-19-7-20-34-51)57(67-40-49-29-15-5-16-30-49)56(66-39-48-27-13-4-14-28-48)54(72-61)45-71-62-60(70-43-52-35-21-8-22-36-52)58(68-41-50-31-17-6-18-32-50)55(65-38-47-25-11-3-12-26-47)53(73-62)44-64-37-46-23-9-2-10-24-46/h2-36,53-62H,37-45H2,1H3/t53-,54-,55-,56+,57+,58+,59-,60+,61+,62+/m1/s1. The van der Waals surface area contributed by atoms with Crippen LogP contribution in [0.25, 0.3) is 0 Å². The normalized spacial score (nSPS) is 24.0. The molecule has 11 heteroatoms. The Kier molecular flexibility index (Phi) is 19.9. The van der Waals surface area contributed by atoms with Crippen molar-refractivity contribution in [2.24, 2.45) is 0 Å². The van der Waals surface area contributed by atoms with Crippen molar-refractivity contribution in [3.63, 3.8) is 0 Å². The van der Waals surface area contributed by atoms with Gasteiger partial charge in [-0.3, -0.25) is 0 Å². The van der Waals surface area contributed by atoms with Crippen molar-refractivity contribution in [3.05, 3.63) is 251 Å². The predicted molar refractivity (Wildman–Crippen MR) is 276 cm³/mol. The third-order valence-corrected chi connectivity index (χ3v) is 12.9. The maximum absolute atomic E-state index is 7.10. The molecular weight excluding hydrogens is 921 g/mol. The highest BCUT2D eigenvalue weighted by molar-refractivity contribution is 5.19. The lowest BCUT2D eigenvalue weighted by molar-refractivity contribution is -0.351. The first-order valence-corrected chi connectivity index (χ1v) is 25.2. The van der Waals surface area contributed by atoms with Crippen LogP contribution in [0, 0.1) is 0 Å². The molecule has 7 aromatic rings. The molecule has 0 unspecified atom stereocenters. The molecule has 0 bridgehead atoms. The first-order valence-electron chi connectivity index (χ1n) is 25.2. The first kappa shape index (κ1) is 52.0. The third kappa shape index (κ3) is 15.3. The van der Waals surface area contributed by atoms with E-state index >= 15 is 0 Å². The molecule has 0 radical (unpaired) electrons. The summed E-state index contributed by atoms with van der Waals surface area (Å²) in [5.74, 6) is 0. The fraction of sp³-hybridized carbons (Fsp3) is 0.323. The first-order chi connectivity index (χ1) is 36.2. The number of hydrogen-bond donors (Lipinski definition) is 0. The van der Waals surface area contributed by atoms with Crippen molar-refractivity contribution in [2.45, 2.75) is 108 Å². The Morgan fingerprint density at radius 1 is 0.274 bits per heavy atom. The molecule has 2 aliphatic heterocycles. The average molecular weight is 987 g/mol. The Morgan fingerprint density at radius 3 is 0.863 bits per heavy atom. The second-order valence-corrected chi connectivity index (χ2v) is 18.2. The molecule has 0 amide bonds. The van der Waals surface area contributed by atoms with Crippen molar-refractivity contribution in [2.75, 3.05) is 20.3 Å². The summed E-state index contributed by atoms with van der Waals surface area (Å²) >= 11 is 0. The summed E-state index contributed by atoms with van der Waals surface area (Å²) in [5.41, 5.74) is 7.00. The largest absolute Gasteiger partial charge is 0.374 e. The number of hydrogen-bond acceptors (Lipinski definition) is 11. The Morgan fingerprint density at radius 2 is 0.534 bits per heavy atom. The molecule has 2 fully saturated rings. The van der Waals surface area contributed by atoms with Gasteiger partial charge in [0.25, 0.3) is 0 Å². The van der Waals surface area contributed by atoms with Crippen LogP contribution in [0.2, 0.25) is 0 Å². The molecule has 380 valence electrons. The molecule has 9 rings (SSSR count). The molecule has 2 saturated heterocycles. The van der Waals surface area contributed by atoms with Gasteiger partial charge >= 0.3 is 0 Å². The Balaban J connectivity index is 1.05.